The van der Waals surface area contributed by atoms with Gasteiger partial charge in [-0.2, -0.15) is 0 Å². The van der Waals surface area contributed by atoms with Gasteiger partial charge < -0.3 is 15.4 Å². The van der Waals surface area contributed by atoms with E-state index in [9.17, 15) is 9.18 Å². The maximum Gasteiger partial charge on any atom is 0.263 e. The number of carbonyl (C=O) groups excluding carboxylic acids is 1. The van der Waals surface area contributed by atoms with E-state index in [0.29, 0.717) is 24.4 Å². The number of aryl methyl sites for hydroxylation is 1. The second-order valence-electron chi connectivity index (χ2n) is 7.19. The number of nitrogens with zero attached hydrogens (tertiary/aromatic N) is 1. The number of nitrogens with one attached hydrogen (secondary N) is 2. The molecule has 0 radical (unpaired) electrons. The Kier molecular flexibility index (Phi) is 10.5. The summed E-state index contributed by atoms with van der Waals surface area (Å²) in [5, 5.41) is 7.31. The Morgan fingerprint density at radius 1 is 1.28 bits per heavy atom. The largest absolute Gasteiger partial charge is 0.384 e. The number of hydrogen-bond donors (Lipinski definition) is 2. The minimum absolute atomic E-state index is 0. The van der Waals surface area contributed by atoms with Crippen LogP contribution in [0.25, 0.3) is 0 Å². The van der Waals surface area contributed by atoms with Gasteiger partial charge in [0, 0.05) is 25.5 Å². The highest BCUT2D eigenvalue weighted by Gasteiger charge is 2.33. The van der Waals surface area contributed by atoms with Crippen molar-refractivity contribution in [2.24, 2.45) is 5.41 Å². The number of hydrogen-bond acceptors (Lipinski definition) is 5. The fourth-order valence-electron chi connectivity index (χ4n) is 3.50. The molecule has 29 heavy (non-hydrogen) atoms. The van der Waals surface area contributed by atoms with E-state index in [-0.39, 0.29) is 42.0 Å². The molecule has 0 spiro atoms. The molecule has 5 nitrogen and oxygen atoms in total. The molecule has 0 saturated carbocycles. The summed E-state index contributed by atoms with van der Waals surface area (Å²) in [7, 11) is 1.71. The second kappa shape index (κ2) is 11.8. The molecule has 1 aromatic heterocycles. The first-order chi connectivity index (χ1) is 13.0. The summed E-state index contributed by atoms with van der Waals surface area (Å²) in [5.74, 6) is -0.332. The van der Waals surface area contributed by atoms with E-state index in [1.165, 1.54) is 23.5 Å². The molecule has 1 aliphatic heterocycles. The van der Waals surface area contributed by atoms with Crippen molar-refractivity contribution in [3.05, 3.63) is 51.2 Å². The first-order valence-corrected chi connectivity index (χ1v) is 10.0. The summed E-state index contributed by atoms with van der Waals surface area (Å²) >= 11 is 1.41. The SMILES string of the molecule is COCC1(CNC(=O)c2sc(Cc3ccc(F)cc3)nc2C)CCNCC1.Cl.Cl. The van der Waals surface area contributed by atoms with Crippen LogP contribution in [-0.4, -0.2) is 44.2 Å². The number of ether oxygens (including phenoxy) is 1. The van der Waals surface area contributed by atoms with E-state index in [0.717, 1.165) is 42.2 Å². The van der Waals surface area contributed by atoms with Gasteiger partial charge in [0.25, 0.3) is 5.91 Å². The minimum atomic E-state index is -0.253. The number of thiazole rings is 1. The quantitative estimate of drug-likeness (QED) is 0.655. The van der Waals surface area contributed by atoms with Gasteiger partial charge in [0.1, 0.15) is 10.7 Å². The summed E-state index contributed by atoms with van der Waals surface area (Å²) in [6.45, 7) is 4.99. The molecule has 1 aromatic carbocycles. The highest BCUT2D eigenvalue weighted by atomic mass is 35.5. The lowest BCUT2D eigenvalue weighted by molar-refractivity contribution is 0.0512. The lowest BCUT2D eigenvalue weighted by Crippen LogP contribution is -2.47. The number of aromatic nitrogens is 1. The number of halogens is 3. The third-order valence-corrected chi connectivity index (χ3v) is 6.21. The standard InChI is InChI=1S/C20H26FN3O2S.2ClH/c1-14-18(27-17(24-14)11-15-3-5-16(21)6-4-15)19(25)23-12-20(13-26-2)7-9-22-10-8-20;;/h3-6,22H,7-13H2,1-2H3,(H,23,25);2*1H. The highest BCUT2D eigenvalue weighted by molar-refractivity contribution is 7.13. The first kappa shape index (κ1) is 25.8. The minimum Gasteiger partial charge on any atom is -0.384 e. The molecular formula is C20H28Cl2FN3O2S. The predicted molar refractivity (Wildman–Crippen MR) is 119 cm³/mol. The zero-order valence-corrected chi connectivity index (χ0v) is 19.1. The van der Waals surface area contributed by atoms with Crippen molar-refractivity contribution in [3.63, 3.8) is 0 Å². The van der Waals surface area contributed by atoms with Crippen LogP contribution < -0.4 is 10.6 Å². The van der Waals surface area contributed by atoms with Crippen LogP contribution in [0.5, 0.6) is 0 Å². The van der Waals surface area contributed by atoms with Crippen molar-refractivity contribution >= 4 is 42.1 Å². The van der Waals surface area contributed by atoms with E-state index < -0.39 is 0 Å². The van der Waals surface area contributed by atoms with Crippen molar-refractivity contribution in [1.29, 1.82) is 0 Å². The Hall–Kier alpha value is -1.25. The van der Waals surface area contributed by atoms with Gasteiger partial charge in [-0.3, -0.25) is 4.79 Å². The van der Waals surface area contributed by atoms with Gasteiger partial charge in [-0.15, -0.1) is 36.2 Å². The molecule has 1 amide bonds. The van der Waals surface area contributed by atoms with Crippen molar-refractivity contribution in [3.8, 4) is 0 Å². The Balaban J connectivity index is 0.00000210. The topological polar surface area (TPSA) is 63.2 Å². The van der Waals surface area contributed by atoms with Gasteiger partial charge >= 0.3 is 0 Å². The maximum atomic E-state index is 13.0. The van der Waals surface area contributed by atoms with Crippen LogP contribution in [0.2, 0.25) is 0 Å². The molecule has 0 unspecified atom stereocenters. The molecule has 0 atom stereocenters. The predicted octanol–water partition coefficient (Wildman–Crippen LogP) is 3.77. The molecule has 1 fully saturated rings. The monoisotopic (exact) mass is 463 g/mol. The summed E-state index contributed by atoms with van der Waals surface area (Å²) in [5.41, 5.74) is 1.71. The van der Waals surface area contributed by atoms with E-state index in [4.69, 9.17) is 4.74 Å². The van der Waals surface area contributed by atoms with Gasteiger partial charge in [-0.25, -0.2) is 9.37 Å². The van der Waals surface area contributed by atoms with Crippen LogP contribution in [0.4, 0.5) is 4.39 Å². The van der Waals surface area contributed by atoms with Crippen LogP contribution in [-0.2, 0) is 11.2 Å². The fraction of sp³-hybridized carbons (Fsp3) is 0.500. The Bertz CT molecular complexity index is 775. The third-order valence-electron chi connectivity index (χ3n) is 5.05. The lowest BCUT2D eigenvalue weighted by Gasteiger charge is -2.37. The zero-order chi connectivity index (χ0) is 19.3. The highest BCUT2D eigenvalue weighted by Crippen LogP contribution is 2.29. The van der Waals surface area contributed by atoms with E-state index >= 15 is 0 Å². The van der Waals surface area contributed by atoms with E-state index in [2.05, 4.69) is 15.6 Å². The molecular weight excluding hydrogens is 436 g/mol. The van der Waals surface area contributed by atoms with Gasteiger partial charge in [0.2, 0.25) is 0 Å². The molecule has 1 saturated heterocycles. The number of rotatable bonds is 7. The van der Waals surface area contributed by atoms with Gasteiger partial charge in [0.15, 0.2) is 0 Å². The molecule has 1 aliphatic rings. The number of benzene rings is 1. The summed E-state index contributed by atoms with van der Waals surface area (Å²) in [6, 6.07) is 6.38. The Labute approximate surface area is 187 Å². The Morgan fingerprint density at radius 3 is 2.55 bits per heavy atom. The van der Waals surface area contributed by atoms with Crippen LogP contribution in [0.15, 0.2) is 24.3 Å². The van der Waals surface area contributed by atoms with Crippen LogP contribution >= 0.6 is 36.2 Å². The molecule has 9 heteroatoms. The van der Waals surface area contributed by atoms with Crippen molar-refractivity contribution < 1.29 is 13.9 Å². The first-order valence-electron chi connectivity index (χ1n) is 9.20. The van der Waals surface area contributed by atoms with E-state index in [1.807, 2.05) is 6.92 Å². The van der Waals surface area contributed by atoms with Gasteiger partial charge in [-0.05, 0) is 50.6 Å². The molecule has 2 heterocycles. The van der Waals surface area contributed by atoms with Crippen LogP contribution in [0, 0.1) is 18.2 Å². The number of methoxy groups -OCH3 is 1. The summed E-state index contributed by atoms with van der Waals surface area (Å²) in [6.07, 6.45) is 2.57. The van der Waals surface area contributed by atoms with Crippen LogP contribution in [0.3, 0.4) is 0 Å². The molecule has 0 aliphatic carbocycles. The summed E-state index contributed by atoms with van der Waals surface area (Å²) < 4.78 is 18.5. The maximum absolute atomic E-state index is 13.0. The average molecular weight is 464 g/mol. The van der Waals surface area contributed by atoms with Gasteiger partial charge in [-0.1, -0.05) is 12.1 Å². The van der Waals surface area contributed by atoms with Crippen molar-refractivity contribution in [2.45, 2.75) is 26.2 Å². The third kappa shape index (κ3) is 6.89. The second-order valence-corrected chi connectivity index (χ2v) is 8.27. The van der Waals surface area contributed by atoms with Gasteiger partial charge in [0.05, 0.1) is 17.3 Å². The smallest absolute Gasteiger partial charge is 0.263 e. The van der Waals surface area contributed by atoms with Crippen molar-refractivity contribution in [1.82, 2.24) is 15.6 Å². The lowest BCUT2D eigenvalue weighted by atomic mass is 9.79. The fourth-order valence-corrected chi connectivity index (χ4v) is 4.51. The average Bonchev–Trinajstić information content (AvgIpc) is 3.03. The van der Waals surface area contributed by atoms with Crippen molar-refractivity contribution in [2.75, 3.05) is 33.4 Å². The molecule has 3 rings (SSSR count). The van der Waals surface area contributed by atoms with E-state index in [1.54, 1.807) is 19.2 Å². The zero-order valence-electron chi connectivity index (χ0n) is 16.6. The molecule has 162 valence electrons. The molecule has 0 bridgehead atoms. The normalized spacial score (nSPS) is 15.1. The molecule has 2 N–H and O–H groups in total. The Morgan fingerprint density at radius 2 is 1.93 bits per heavy atom. The number of amides is 1. The number of carbonyl (C=O) groups is 1. The summed E-state index contributed by atoms with van der Waals surface area (Å²) in [4.78, 5) is 17.9. The molecule has 2 aromatic rings. The van der Waals surface area contributed by atoms with Crippen LogP contribution in [0.1, 0.15) is 38.8 Å². The number of piperidine rings is 1.